The van der Waals surface area contributed by atoms with Crippen LogP contribution in [0, 0.1) is 23.7 Å². The first-order chi connectivity index (χ1) is 6.80. The summed E-state index contributed by atoms with van der Waals surface area (Å²) in [7, 11) is 0. The molecule has 1 nitrogen and oxygen atoms in total. The Morgan fingerprint density at radius 1 is 1.14 bits per heavy atom. The fourth-order valence-electron chi connectivity index (χ4n) is 4.77. The zero-order valence-electron chi connectivity index (χ0n) is 8.51. The highest BCUT2D eigenvalue weighted by atomic mass is 19.1. The fraction of sp³-hybridized carbons (Fsp3) is 1.00. The van der Waals surface area contributed by atoms with Crippen LogP contribution in [0.3, 0.4) is 0 Å². The summed E-state index contributed by atoms with van der Waals surface area (Å²) in [5.74, 6) is 2.36. The van der Waals surface area contributed by atoms with Gasteiger partial charge in [-0.1, -0.05) is 6.42 Å². The Morgan fingerprint density at radius 2 is 2.00 bits per heavy atom. The topological polar surface area (TPSA) is 12.0 Å². The van der Waals surface area contributed by atoms with Gasteiger partial charge >= 0.3 is 0 Å². The van der Waals surface area contributed by atoms with E-state index in [1.165, 1.54) is 19.3 Å². The molecule has 2 heteroatoms. The summed E-state index contributed by atoms with van der Waals surface area (Å²) in [6, 6.07) is 0.247. The van der Waals surface area contributed by atoms with Gasteiger partial charge in [-0.15, -0.1) is 0 Å². The number of rotatable bonds is 1. The second kappa shape index (κ2) is 2.34. The van der Waals surface area contributed by atoms with Crippen LogP contribution < -0.4 is 5.32 Å². The smallest absolute Gasteiger partial charge is 0.132 e. The Hall–Kier alpha value is -0.110. The lowest BCUT2D eigenvalue weighted by Crippen LogP contribution is -2.54. The van der Waals surface area contributed by atoms with Crippen molar-refractivity contribution < 1.29 is 4.39 Å². The molecule has 1 saturated heterocycles. The van der Waals surface area contributed by atoms with Gasteiger partial charge in [-0.25, -0.2) is 4.39 Å². The van der Waals surface area contributed by atoms with E-state index >= 15 is 4.39 Å². The van der Waals surface area contributed by atoms with Gasteiger partial charge in [0.1, 0.15) is 5.67 Å². The minimum absolute atomic E-state index is 0.247. The molecule has 0 aromatic carbocycles. The molecule has 1 N–H and O–H groups in total. The summed E-state index contributed by atoms with van der Waals surface area (Å²) >= 11 is 0. The van der Waals surface area contributed by atoms with Gasteiger partial charge < -0.3 is 5.32 Å². The van der Waals surface area contributed by atoms with E-state index in [0.717, 1.165) is 25.3 Å². The van der Waals surface area contributed by atoms with Crippen molar-refractivity contribution in [2.45, 2.75) is 43.8 Å². The van der Waals surface area contributed by atoms with Crippen molar-refractivity contribution in [1.82, 2.24) is 5.32 Å². The maximum atomic E-state index is 15.1. The van der Waals surface area contributed by atoms with Gasteiger partial charge in [0.25, 0.3) is 0 Å². The first-order valence-electron chi connectivity index (χ1n) is 6.22. The second-order valence-electron chi connectivity index (χ2n) is 5.93. The molecule has 1 aliphatic heterocycles. The van der Waals surface area contributed by atoms with Crippen molar-refractivity contribution in [3.63, 3.8) is 0 Å². The van der Waals surface area contributed by atoms with Crippen LogP contribution in [0.4, 0.5) is 4.39 Å². The number of fused-ring (bicyclic) bond motifs is 1. The average molecular weight is 195 g/mol. The first-order valence-corrected chi connectivity index (χ1v) is 6.22. The van der Waals surface area contributed by atoms with E-state index in [1.54, 1.807) is 0 Å². The Morgan fingerprint density at radius 3 is 2.71 bits per heavy atom. The molecule has 0 aromatic heterocycles. The van der Waals surface area contributed by atoms with Crippen molar-refractivity contribution in [2.24, 2.45) is 23.7 Å². The minimum atomic E-state index is -0.796. The summed E-state index contributed by atoms with van der Waals surface area (Å²) in [5.41, 5.74) is -0.796. The molecule has 0 amide bonds. The summed E-state index contributed by atoms with van der Waals surface area (Å²) < 4.78 is 15.1. The van der Waals surface area contributed by atoms with Crippen LogP contribution in [0.2, 0.25) is 0 Å². The summed E-state index contributed by atoms with van der Waals surface area (Å²) in [6.45, 7) is 1.10. The summed E-state index contributed by atoms with van der Waals surface area (Å²) in [4.78, 5) is 0. The van der Waals surface area contributed by atoms with E-state index in [4.69, 9.17) is 0 Å². The van der Waals surface area contributed by atoms with Crippen molar-refractivity contribution in [1.29, 1.82) is 0 Å². The van der Waals surface area contributed by atoms with Crippen LogP contribution in [0.5, 0.6) is 0 Å². The molecule has 4 fully saturated rings. The number of hydrogen-bond acceptors (Lipinski definition) is 1. The van der Waals surface area contributed by atoms with E-state index in [2.05, 4.69) is 5.32 Å². The van der Waals surface area contributed by atoms with Gasteiger partial charge in [-0.05, 0) is 55.9 Å². The molecule has 0 spiro atoms. The van der Waals surface area contributed by atoms with Crippen LogP contribution >= 0.6 is 0 Å². The molecular weight excluding hydrogens is 177 g/mol. The van der Waals surface area contributed by atoms with Gasteiger partial charge in [0.15, 0.2) is 0 Å². The largest absolute Gasteiger partial charge is 0.310 e. The van der Waals surface area contributed by atoms with Crippen LogP contribution in [0.25, 0.3) is 0 Å². The molecular formula is C12H18FN. The maximum Gasteiger partial charge on any atom is 0.132 e. The van der Waals surface area contributed by atoms with E-state index < -0.39 is 5.67 Å². The van der Waals surface area contributed by atoms with E-state index in [1.807, 2.05) is 0 Å². The van der Waals surface area contributed by atoms with Gasteiger partial charge in [0.2, 0.25) is 0 Å². The minimum Gasteiger partial charge on any atom is -0.310 e. The molecule has 5 atom stereocenters. The van der Waals surface area contributed by atoms with Gasteiger partial charge in [0.05, 0.1) is 0 Å². The van der Waals surface area contributed by atoms with Gasteiger partial charge in [-0.3, -0.25) is 0 Å². The predicted octanol–water partition coefficient (Wildman–Crippen LogP) is 2.12. The Kier molecular flexibility index (Phi) is 1.35. The third kappa shape index (κ3) is 0.700. The maximum absolute atomic E-state index is 15.1. The predicted molar refractivity (Wildman–Crippen MR) is 52.7 cm³/mol. The standard InChI is InChI=1S/C12H18FN/c13-12(8-2-1-3-8)9-4-7-6-14-11(12)10(7)5-9/h7-11,14H,1-6H2. The normalized spacial score (nSPS) is 60.6. The number of nitrogens with one attached hydrogen (secondary N) is 1. The summed E-state index contributed by atoms with van der Waals surface area (Å²) in [6.07, 6.45) is 5.95. The highest BCUT2D eigenvalue weighted by Crippen LogP contribution is 2.63. The molecule has 0 aromatic rings. The van der Waals surface area contributed by atoms with E-state index in [0.29, 0.717) is 17.8 Å². The third-order valence-electron chi connectivity index (χ3n) is 5.61. The monoisotopic (exact) mass is 195 g/mol. The zero-order chi connectivity index (χ0) is 9.34. The highest BCUT2D eigenvalue weighted by Gasteiger charge is 2.67. The third-order valence-corrected chi connectivity index (χ3v) is 5.61. The Labute approximate surface area is 84.4 Å². The lowest BCUT2D eigenvalue weighted by atomic mass is 9.65. The highest BCUT2D eigenvalue weighted by molar-refractivity contribution is 5.20. The van der Waals surface area contributed by atoms with Crippen LogP contribution in [-0.4, -0.2) is 18.3 Å². The SMILES string of the molecule is FC1(C2CCC2)C2CC3CNC1C3C2. The van der Waals surface area contributed by atoms with Gasteiger partial charge in [0, 0.05) is 6.04 Å². The zero-order valence-corrected chi connectivity index (χ0v) is 8.51. The molecule has 0 radical (unpaired) electrons. The molecule has 5 unspecified atom stereocenters. The van der Waals surface area contributed by atoms with Crippen LogP contribution in [-0.2, 0) is 0 Å². The van der Waals surface area contributed by atoms with Gasteiger partial charge in [-0.2, -0.15) is 0 Å². The number of hydrogen-bond donors (Lipinski definition) is 1. The lowest BCUT2D eigenvalue weighted by molar-refractivity contribution is -0.0339. The Bertz CT molecular complexity index is 273. The molecule has 3 aliphatic carbocycles. The Balaban J connectivity index is 1.73. The molecule has 1 heterocycles. The first kappa shape index (κ1) is 8.09. The van der Waals surface area contributed by atoms with Crippen LogP contribution in [0.1, 0.15) is 32.1 Å². The van der Waals surface area contributed by atoms with Crippen LogP contribution in [0.15, 0.2) is 0 Å². The quantitative estimate of drug-likeness (QED) is 0.676. The fourth-order valence-corrected chi connectivity index (χ4v) is 4.77. The molecule has 78 valence electrons. The molecule has 14 heavy (non-hydrogen) atoms. The van der Waals surface area contributed by atoms with Crippen molar-refractivity contribution in [3.8, 4) is 0 Å². The van der Waals surface area contributed by atoms with E-state index in [9.17, 15) is 0 Å². The number of halogens is 1. The van der Waals surface area contributed by atoms with Crippen molar-refractivity contribution >= 4 is 0 Å². The molecule has 4 rings (SSSR count). The number of alkyl halides is 1. The average Bonchev–Trinajstić information content (AvgIpc) is 2.57. The van der Waals surface area contributed by atoms with E-state index in [-0.39, 0.29) is 6.04 Å². The second-order valence-corrected chi connectivity index (χ2v) is 5.93. The summed E-state index contributed by atoms with van der Waals surface area (Å²) in [5, 5.41) is 3.47. The molecule has 2 bridgehead atoms. The van der Waals surface area contributed by atoms with Crippen molar-refractivity contribution in [3.05, 3.63) is 0 Å². The van der Waals surface area contributed by atoms with Crippen molar-refractivity contribution in [2.75, 3.05) is 6.54 Å². The molecule has 4 aliphatic rings. The molecule has 3 saturated carbocycles. The lowest BCUT2D eigenvalue weighted by Gasteiger charge is -2.45.